The quantitative estimate of drug-likeness (QED) is 0.829. The fourth-order valence-corrected chi connectivity index (χ4v) is 3.27. The van der Waals surface area contributed by atoms with E-state index in [4.69, 9.17) is 0 Å². The molecule has 0 aliphatic heterocycles. The number of tetrazole rings is 1. The first kappa shape index (κ1) is 12.9. The molecule has 0 aromatic carbocycles. The molecule has 2 aliphatic rings. The van der Waals surface area contributed by atoms with Crippen LogP contribution in [0.4, 0.5) is 0 Å². The average Bonchev–Trinajstić information content (AvgIpc) is 2.90. The highest BCUT2D eigenvalue weighted by Gasteiger charge is 2.28. The van der Waals surface area contributed by atoms with Gasteiger partial charge in [-0.05, 0) is 43.0 Å². The molecule has 1 N–H and O–H groups in total. The van der Waals surface area contributed by atoms with Gasteiger partial charge in [-0.15, -0.1) is 5.10 Å². The van der Waals surface area contributed by atoms with Crippen molar-refractivity contribution < 1.29 is 4.79 Å². The summed E-state index contributed by atoms with van der Waals surface area (Å²) in [6, 6.07) is 0.817. The summed E-state index contributed by atoms with van der Waals surface area (Å²) in [5.74, 6) is 0.0912. The van der Waals surface area contributed by atoms with E-state index >= 15 is 0 Å². The Balaban J connectivity index is 1.62. The van der Waals surface area contributed by atoms with Crippen LogP contribution in [0.5, 0.6) is 0 Å². The van der Waals surface area contributed by atoms with Gasteiger partial charge < -0.3 is 5.32 Å². The van der Waals surface area contributed by atoms with Crippen molar-refractivity contribution in [3.05, 3.63) is 0 Å². The van der Waals surface area contributed by atoms with E-state index in [-0.39, 0.29) is 11.2 Å². The Kier molecular flexibility index (Phi) is 3.72. The van der Waals surface area contributed by atoms with Gasteiger partial charge in [-0.2, -0.15) is 0 Å². The van der Waals surface area contributed by atoms with Gasteiger partial charge in [0.2, 0.25) is 11.1 Å². The van der Waals surface area contributed by atoms with Crippen molar-refractivity contribution in [2.75, 3.05) is 0 Å². The van der Waals surface area contributed by atoms with Gasteiger partial charge in [0.05, 0.1) is 11.3 Å². The van der Waals surface area contributed by atoms with E-state index in [2.05, 4.69) is 20.8 Å². The van der Waals surface area contributed by atoms with Crippen LogP contribution in [0.15, 0.2) is 5.16 Å². The summed E-state index contributed by atoms with van der Waals surface area (Å²) in [5, 5.41) is 15.6. The molecule has 1 amide bonds. The fourth-order valence-electron chi connectivity index (χ4n) is 2.40. The smallest absolute Gasteiger partial charge is 0.233 e. The zero-order valence-electron chi connectivity index (χ0n) is 11.1. The van der Waals surface area contributed by atoms with Crippen molar-refractivity contribution in [2.24, 2.45) is 0 Å². The van der Waals surface area contributed by atoms with Crippen molar-refractivity contribution in [1.82, 2.24) is 25.5 Å². The Morgan fingerprint density at radius 1 is 1.37 bits per heavy atom. The summed E-state index contributed by atoms with van der Waals surface area (Å²) in [4.78, 5) is 11.9. The predicted molar refractivity (Wildman–Crippen MR) is 71.8 cm³/mol. The first-order chi connectivity index (χ1) is 9.24. The summed E-state index contributed by atoms with van der Waals surface area (Å²) in [6.07, 6.45) is 6.99. The number of carbonyl (C=O) groups is 1. The van der Waals surface area contributed by atoms with Crippen LogP contribution in [0.1, 0.15) is 51.5 Å². The number of hydrogen-bond donors (Lipinski definition) is 1. The minimum Gasteiger partial charge on any atom is -0.352 e. The number of amides is 1. The fraction of sp³-hybridized carbons (Fsp3) is 0.833. The maximum Gasteiger partial charge on any atom is 0.233 e. The van der Waals surface area contributed by atoms with Crippen LogP contribution in [0.3, 0.4) is 0 Å². The zero-order valence-corrected chi connectivity index (χ0v) is 11.9. The number of nitrogens with zero attached hydrogens (tertiary/aromatic N) is 4. The highest BCUT2D eigenvalue weighted by Crippen LogP contribution is 2.32. The molecule has 1 heterocycles. The lowest BCUT2D eigenvalue weighted by molar-refractivity contribution is -0.120. The molecule has 0 unspecified atom stereocenters. The Morgan fingerprint density at radius 2 is 2.11 bits per heavy atom. The maximum absolute atomic E-state index is 11.9. The Morgan fingerprint density at radius 3 is 2.79 bits per heavy atom. The van der Waals surface area contributed by atoms with Crippen molar-refractivity contribution in [3.63, 3.8) is 0 Å². The molecule has 0 spiro atoms. The SMILES string of the molecule is C[C@H](Sc1nnnn1C1CCCC1)C(=O)NC1CC1. The van der Waals surface area contributed by atoms with Crippen molar-refractivity contribution in [2.45, 2.75) is 67.9 Å². The number of nitrogens with one attached hydrogen (secondary N) is 1. The van der Waals surface area contributed by atoms with E-state index in [0.717, 1.165) is 30.8 Å². The summed E-state index contributed by atoms with van der Waals surface area (Å²) >= 11 is 1.46. The number of rotatable bonds is 5. The summed E-state index contributed by atoms with van der Waals surface area (Å²) < 4.78 is 1.90. The van der Waals surface area contributed by atoms with Gasteiger partial charge in [-0.3, -0.25) is 4.79 Å². The van der Waals surface area contributed by atoms with Crippen molar-refractivity contribution >= 4 is 17.7 Å². The number of carbonyl (C=O) groups excluding carboxylic acids is 1. The topological polar surface area (TPSA) is 72.7 Å². The number of aromatic nitrogens is 4. The number of thioether (sulfide) groups is 1. The third-order valence-corrected chi connectivity index (χ3v) is 4.76. The van der Waals surface area contributed by atoms with Crippen LogP contribution in [0, 0.1) is 0 Å². The molecule has 6 nitrogen and oxygen atoms in total. The lowest BCUT2D eigenvalue weighted by Gasteiger charge is -2.14. The second-order valence-corrected chi connectivity index (χ2v) is 6.70. The molecule has 1 atom stereocenters. The lowest BCUT2D eigenvalue weighted by atomic mass is 10.3. The molecule has 2 fully saturated rings. The van der Waals surface area contributed by atoms with Crippen LogP contribution in [-0.4, -0.2) is 37.4 Å². The van der Waals surface area contributed by atoms with Gasteiger partial charge in [-0.25, -0.2) is 4.68 Å². The van der Waals surface area contributed by atoms with Crippen molar-refractivity contribution in [1.29, 1.82) is 0 Å². The molecule has 1 aromatic heterocycles. The van der Waals surface area contributed by atoms with Crippen LogP contribution in [0.2, 0.25) is 0 Å². The molecular weight excluding hydrogens is 262 g/mol. The number of hydrogen-bond acceptors (Lipinski definition) is 5. The molecule has 104 valence electrons. The predicted octanol–water partition coefficient (Wildman–Crippen LogP) is 1.55. The first-order valence-electron chi connectivity index (χ1n) is 6.99. The molecule has 0 bridgehead atoms. The molecule has 3 rings (SSSR count). The van der Waals surface area contributed by atoms with E-state index in [9.17, 15) is 4.79 Å². The highest BCUT2D eigenvalue weighted by molar-refractivity contribution is 8.00. The maximum atomic E-state index is 11.9. The van der Waals surface area contributed by atoms with E-state index in [1.807, 2.05) is 11.6 Å². The van der Waals surface area contributed by atoms with Gasteiger partial charge in [0.15, 0.2) is 0 Å². The summed E-state index contributed by atoms with van der Waals surface area (Å²) in [5.41, 5.74) is 0. The van der Waals surface area contributed by atoms with Gasteiger partial charge in [0.25, 0.3) is 0 Å². The zero-order chi connectivity index (χ0) is 13.2. The van der Waals surface area contributed by atoms with Crippen molar-refractivity contribution in [3.8, 4) is 0 Å². The molecule has 0 saturated heterocycles. The standard InChI is InChI=1S/C12H19N5OS/c1-8(11(18)13-9-6-7-9)19-12-14-15-16-17(12)10-4-2-3-5-10/h8-10H,2-7H2,1H3,(H,13,18)/t8-/m0/s1. The normalized spacial score (nSPS) is 21.5. The molecular formula is C12H19N5OS. The van der Waals surface area contributed by atoms with Crippen LogP contribution >= 0.6 is 11.8 Å². The highest BCUT2D eigenvalue weighted by atomic mass is 32.2. The Bertz CT molecular complexity index is 453. The minimum absolute atomic E-state index is 0.0912. The molecule has 1 aromatic rings. The largest absolute Gasteiger partial charge is 0.352 e. The van der Waals surface area contributed by atoms with Crippen LogP contribution in [0.25, 0.3) is 0 Å². The van der Waals surface area contributed by atoms with E-state index in [1.165, 1.54) is 24.6 Å². The van der Waals surface area contributed by atoms with Gasteiger partial charge in [0.1, 0.15) is 0 Å². The lowest BCUT2D eigenvalue weighted by Crippen LogP contribution is -2.32. The van der Waals surface area contributed by atoms with Crippen LogP contribution < -0.4 is 5.32 Å². The molecule has 7 heteroatoms. The molecule has 2 saturated carbocycles. The first-order valence-corrected chi connectivity index (χ1v) is 7.87. The molecule has 2 aliphatic carbocycles. The summed E-state index contributed by atoms with van der Waals surface area (Å²) in [7, 11) is 0. The second-order valence-electron chi connectivity index (χ2n) is 5.39. The average molecular weight is 281 g/mol. The monoisotopic (exact) mass is 281 g/mol. The van der Waals surface area contributed by atoms with Gasteiger partial charge >= 0.3 is 0 Å². The third kappa shape index (κ3) is 3.08. The third-order valence-electron chi connectivity index (χ3n) is 3.71. The minimum atomic E-state index is -0.147. The molecule has 0 radical (unpaired) electrons. The van der Waals surface area contributed by atoms with E-state index in [0.29, 0.717) is 12.1 Å². The second kappa shape index (κ2) is 5.48. The molecule has 19 heavy (non-hydrogen) atoms. The van der Waals surface area contributed by atoms with E-state index in [1.54, 1.807) is 0 Å². The Hall–Kier alpha value is -1.11. The Labute approximate surface area is 116 Å². The van der Waals surface area contributed by atoms with Gasteiger partial charge in [-0.1, -0.05) is 24.6 Å². The van der Waals surface area contributed by atoms with E-state index < -0.39 is 0 Å². The van der Waals surface area contributed by atoms with Gasteiger partial charge in [0, 0.05) is 6.04 Å². The van der Waals surface area contributed by atoms with Crippen LogP contribution in [-0.2, 0) is 4.79 Å². The summed E-state index contributed by atoms with van der Waals surface area (Å²) in [6.45, 7) is 1.91.